The normalized spacial score (nSPS) is 14.6. The van der Waals surface area contributed by atoms with Gasteiger partial charge >= 0.3 is 0 Å². The lowest BCUT2D eigenvalue weighted by Crippen LogP contribution is -2.39. The van der Waals surface area contributed by atoms with Crippen LogP contribution in [0.5, 0.6) is 0 Å². The molecular weight excluding hydrogens is 180 g/mol. The van der Waals surface area contributed by atoms with Gasteiger partial charge in [0.25, 0.3) is 0 Å². The molecule has 0 aliphatic carbocycles. The van der Waals surface area contributed by atoms with Gasteiger partial charge in [0.05, 0.1) is 11.2 Å². The average Bonchev–Trinajstić information content (AvgIpc) is 1.76. The summed E-state index contributed by atoms with van der Waals surface area (Å²) < 4.78 is 5.67. The van der Waals surface area contributed by atoms with Crippen molar-refractivity contribution in [2.45, 2.75) is 72.4 Å². The van der Waals surface area contributed by atoms with E-state index in [0.717, 1.165) is 0 Å². The molecule has 0 amide bonds. The van der Waals surface area contributed by atoms with Crippen LogP contribution in [0.2, 0.25) is 0 Å². The van der Waals surface area contributed by atoms with E-state index in [1.54, 1.807) is 0 Å². The summed E-state index contributed by atoms with van der Waals surface area (Å²) in [6.07, 6.45) is 0. The van der Waals surface area contributed by atoms with Gasteiger partial charge in [-0.15, -0.1) is 0 Å². The van der Waals surface area contributed by atoms with Crippen LogP contribution in [-0.4, -0.2) is 17.0 Å². The van der Waals surface area contributed by atoms with Crippen LogP contribution in [0.15, 0.2) is 0 Å². The van der Waals surface area contributed by atoms with E-state index < -0.39 is 5.79 Å². The quantitative estimate of drug-likeness (QED) is 0.401. The fourth-order valence-corrected chi connectivity index (χ4v) is 0.980. The second-order valence-corrected chi connectivity index (χ2v) is 5.89. The lowest BCUT2D eigenvalue weighted by atomic mass is 10.2. The van der Waals surface area contributed by atoms with Crippen LogP contribution in [-0.2, 0) is 14.5 Å². The Morgan fingerprint density at radius 2 is 1.00 bits per heavy atom. The maximum atomic E-state index is 5.67. The molecule has 0 unspecified atom stereocenters. The van der Waals surface area contributed by atoms with Crippen LogP contribution in [0.25, 0.3) is 0 Å². The number of rotatable bonds is 3. The van der Waals surface area contributed by atoms with Crippen LogP contribution < -0.4 is 0 Å². The van der Waals surface area contributed by atoms with E-state index in [-0.39, 0.29) is 11.2 Å². The fourth-order valence-electron chi connectivity index (χ4n) is 0.980. The number of hydrogen-bond donors (Lipinski definition) is 0. The fraction of sp³-hybridized carbons (Fsp3) is 1.00. The summed E-state index contributed by atoms with van der Waals surface area (Å²) in [5, 5.41) is 0. The van der Waals surface area contributed by atoms with Gasteiger partial charge in [-0.2, -0.15) is 0 Å². The minimum Gasteiger partial charge on any atom is -0.342 e. The van der Waals surface area contributed by atoms with Gasteiger partial charge in [0, 0.05) is 0 Å². The summed E-state index contributed by atoms with van der Waals surface area (Å²) in [5.41, 5.74) is -0.566. The molecule has 0 aliphatic heterocycles. The zero-order valence-corrected chi connectivity index (χ0v) is 10.7. The van der Waals surface area contributed by atoms with E-state index in [0.29, 0.717) is 0 Å². The summed E-state index contributed by atoms with van der Waals surface area (Å²) in [6, 6.07) is 0. The van der Waals surface area contributed by atoms with Crippen molar-refractivity contribution in [2.75, 3.05) is 0 Å². The SMILES string of the molecule is CC(C)(C)OOC(C)(C)OC(C)(C)C. The standard InChI is InChI=1S/C11H24O3/c1-9(2,3)12-11(7,8)14-13-10(4,5)6/h1-8H3. The van der Waals surface area contributed by atoms with Crippen LogP contribution in [0, 0.1) is 0 Å². The number of hydrogen-bond acceptors (Lipinski definition) is 3. The third kappa shape index (κ3) is 8.48. The van der Waals surface area contributed by atoms with Crippen LogP contribution in [0.3, 0.4) is 0 Å². The average molecular weight is 204 g/mol. The molecule has 0 heterocycles. The molecule has 0 radical (unpaired) electrons. The first kappa shape index (κ1) is 13.9. The zero-order valence-electron chi connectivity index (χ0n) is 10.7. The highest BCUT2D eigenvalue weighted by Gasteiger charge is 2.29. The molecule has 14 heavy (non-hydrogen) atoms. The maximum Gasteiger partial charge on any atom is 0.196 e. The predicted molar refractivity (Wildman–Crippen MR) is 56.8 cm³/mol. The van der Waals surface area contributed by atoms with Crippen molar-refractivity contribution in [1.29, 1.82) is 0 Å². The van der Waals surface area contributed by atoms with Crippen molar-refractivity contribution in [3.05, 3.63) is 0 Å². The molecule has 0 aromatic rings. The minimum absolute atomic E-state index is 0.245. The van der Waals surface area contributed by atoms with E-state index in [9.17, 15) is 0 Å². The molecule has 0 rings (SSSR count). The molecule has 0 spiro atoms. The Balaban J connectivity index is 4.09. The van der Waals surface area contributed by atoms with Gasteiger partial charge in [0.2, 0.25) is 0 Å². The van der Waals surface area contributed by atoms with E-state index >= 15 is 0 Å². The second-order valence-electron chi connectivity index (χ2n) is 5.89. The molecule has 86 valence electrons. The summed E-state index contributed by atoms with van der Waals surface area (Å²) >= 11 is 0. The highest BCUT2D eigenvalue weighted by atomic mass is 17.2. The van der Waals surface area contributed by atoms with Crippen molar-refractivity contribution < 1.29 is 14.5 Å². The van der Waals surface area contributed by atoms with E-state index in [1.165, 1.54) is 0 Å². The Hall–Kier alpha value is -0.120. The van der Waals surface area contributed by atoms with Crippen molar-refractivity contribution in [3.63, 3.8) is 0 Å². The molecule has 0 bridgehead atoms. The van der Waals surface area contributed by atoms with Crippen LogP contribution >= 0.6 is 0 Å². The summed E-state index contributed by atoms with van der Waals surface area (Å²) in [7, 11) is 0. The molecule has 0 aromatic heterocycles. The Kier molecular flexibility index (Phi) is 4.13. The minimum atomic E-state index is -0.731. The molecule has 0 aromatic carbocycles. The first-order chi connectivity index (χ1) is 5.91. The highest BCUT2D eigenvalue weighted by Crippen LogP contribution is 2.23. The van der Waals surface area contributed by atoms with Crippen LogP contribution in [0.4, 0.5) is 0 Å². The number of ether oxygens (including phenoxy) is 1. The molecular formula is C11H24O3. The summed E-state index contributed by atoms with van der Waals surface area (Å²) in [4.78, 5) is 10.5. The first-order valence-electron chi connectivity index (χ1n) is 4.98. The molecule has 0 aliphatic rings. The highest BCUT2D eigenvalue weighted by molar-refractivity contribution is 4.65. The van der Waals surface area contributed by atoms with Gasteiger partial charge < -0.3 is 4.74 Å². The van der Waals surface area contributed by atoms with E-state index in [2.05, 4.69) is 0 Å². The maximum absolute atomic E-state index is 5.67. The lowest BCUT2D eigenvalue weighted by molar-refractivity contribution is -0.460. The Bertz CT molecular complexity index is 172. The Labute approximate surface area is 87.7 Å². The van der Waals surface area contributed by atoms with Gasteiger partial charge in [0.1, 0.15) is 0 Å². The largest absolute Gasteiger partial charge is 0.342 e. The molecule has 0 atom stereocenters. The van der Waals surface area contributed by atoms with E-state index in [4.69, 9.17) is 14.5 Å². The van der Waals surface area contributed by atoms with Gasteiger partial charge in [-0.05, 0) is 55.4 Å². The first-order valence-corrected chi connectivity index (χ1v) is 4.98. The van der Waals surface area contributed by atoms with Gasteiger partial charge in [-0.3, -0.25) is 0 Å². The molecule has 3 heteroatoms. The van der Waals surface area contributed by atoms with E-state index in [1.807, 2.05) is 55.4 Å². The second kappa shape index (κ2) is 4.17. The monoisotopic (exact) mass is 204 g/mol. The van der Waals surface area contributed by atoms with Crippen molar-refractivity contribution in [1.82, 2.24) is 0 Å². The predicted octanol–water partition coefficient (Wildman–Crippen LogP) is 3.28. The van der Waals surface area contributed by atoms with Crippen molar-refractivity contribution in [3.8, 4) is 0 Å². The lowest BCUT2D eigenvalue weighted by Gasteiger charge is -2.34. The van der Waals surface area contributed by atoms with Crippen molar-refractivity contribution >= 4 is 0 Å². The van der Waals surface area contributed by atoms with Gasteiger partial charge in [0.15, 0.2) is 5.79 Å². The zero-order chi connectivity index (χ0) is 11.6. The molecule has 0 fully saturated rings. The van der Waals surface area contributed by atoms with Crippen LogP contribution in [0.1, 0.15) is 55.4 Å². The smallest absolute Gasteiger partial charge is 0.196 e. The van der Waals surface area contributed by atoms with Crippen molar-refractivity contribution in [2.24, 2.45) is 0 Å². The Morgan fingerprint density at radius 1 is 0.571 bits per heavy atom. The summed E-state index contributed by atoms with van der Waals surface area (Å²) in [5.74, 6) is -0.731. The Morgan fingerprint density at radius 3 is 1.29 bits per heavy atom. The molecule has 0 saturated carbocycles. The molecule has 3 nitrogen and oxygen atoms in total. The molecule has 0 saturated heterocycles. The van der Waals surface area contributed by atoms with Gasteiger partial charge in [-0.25, -0.2) is 9.78 Å². The third-order valence-corrected chi connectivity index (χ3v) is 1.04. The summed E-state index contributed by atoms with van der Waals surface area (Å²) in [6.45, 7) is 15.4. The third-order valence-electron chi connectivity index (χ3n) is 1.04. The topological polar surface area (TPSA) is 27.7 Å². The molecule has 0 N–H and O–H groups in total. The van der Waals surface area contributed by atoms with Gasteiger partial charge in [-0.1, -0.05) is 0 Å².